The SMILES string of the molecule is Cl.O=C(Nc1cscc1-c1ccccc1)OC12CCN(CC1)CC2. The van der Waals surface area contributed by atoms with Crippen LogP contribution >= 0.6 is 23.7 Å². The number of carbonyl (C=O) groups excluding carboxylic acids is 1. The van der Waals surface area contributed by atoms with Gasteiger partial charge in [0, 0.05) is 55.2 Å². The zero-order valence-electron chi connectivity index (χ0n) is 13.4. The first-order chi connectivity index (χ1) is 11.2. The Morgan fingerprint density at radius 2 is 1.75 bits per heavy atom. The van der Waals surface area contributed by atoms with Crippen LogP contribution in [-0.2, 0) is 4.74 Å². The molecule has 0 radical (unpaired) electrons. The highest BCUT2D eigenvalue weighted by molar-refractivity contribution is 7.08. The lowest BCUT2D eigenvalue weighted by Crippen LogP contribution is -2.54. The van der Waals surface area contributed by atoms with Crippen LogP contribution in [-0.4, -0.2) is 36.2 Å². The monoisotopic (exact) mass is 364 g/mol. The molecular weight excluding hydrogens is 344 g/mol. The number of nitrogens with zero attached hydrogens (tertiary/aromatic N) is 1. The van der Waals surface area contributed by atoms with Crippen LogP contribution in [0.3, 0.4) is 0 Å². The van der Waals surface area contributed by atoms with Crippen LogP contribution in [0.1, 0.15) is 19.3 Å². The van der Waals surface area contributed by atoms with Crippen molar-refractivity contribution in [2.75, 3.05) is 25.0 Å². The summed E-state index contributed by atoms with van der Waals surface area (Å²) >= 11 is 1.58. The quantitative estimate of drug-likeness (QED) is 0.863. The van der Waals surface area contributed by atoms with Crippen molar-refractivity contribution in [2.45, 2.75) is 24.9 Å². The van der Waals surface area contributed by atoms with Crippen LogP contribution in [0.2, 0.25) is 0 Å². The number of ether oxygens (including phenoxy) is 1. The molecular formula is C18H21ClN2O2S. The van der Waals surface area contributed by atoms with E-state index in [9.17, 15) is 4.79 Å². The summed E-state index contributed by atoms with van der Waals surface area (Å²) in [6, 6.07) is 10.1. The maximum atomic E-state index is 12.4. The molecule has 24 heavy (non-hydrogen) atoms. The fourth-order valence-corrected chi connectivity index (χ4v) is 4.31. The molecule has 128 valence electrons. The van der Waals surface area contributed by atoms with Gasteiger partial charge in [-0.1, -0.05) is 30.3 Å². The molecule has 1 amide bonds. The van der Waals surface area contributed by atoms with E-state index in [0.29, 0.717) is 0 Å². The molecule has 4 nitrogen and oxygen atoms in total. The van der Waals surface area contributed by atoms with Crippen molar-refractivity contribution in [3.05, 3.63) is 41.1 Å². The molecule has 3 saturated heterocycles. The number of hydrogen-bond acceptors (Lipinski definition) is 4. The Labute approximate surface area is 152 Å². The van der Waals surface area contributed by atoms with Crippen molar-refractivity contribution in [1.29, 1.82) is 0 Å². The molecule has 3 fully saturated rings. The maximum Gasteiger partial charge on any atom is 0.412 e. The van der Waals surface area contributed by atoms with E-state index in [1.807, 2.05) is 35.7 Å². The predicted molar refractivity (Wildman–Crippen MR) is 100 cm³/mol. The number of hydrogen-bond donors (Lipinski definition) is 1. The molecule has 1 aromatic heterocycles. The summed E-state index contributed by atoms with van der Waals surface area (Å²) in [5.74, 6) is 0. The molecule has 1 N–H and O–H groups in total. The molecule has 0 saturated carbocycles. The molecule has 6 heteroatoms. The lowest BCUT2D eigenvalue weighted by Gasteiger charge is -2.47. The summed E-state index contributed by atoms with van der Waals surface area (Å²) in [5.41, 5.74) is 2.73. The number of rotatable bonds is 3. The van der Waals surface area contributed by atoms with Gasteiger partial charge >= 0.3 is 6.09 Å². The second kappa shape index (κ2) is 7.13. The normalized spacial score (nSPS) is 24.9. The van der Waals surface area contributed by atoms with Gasteiger partial charge in [0.1, 0.15) is 5.60 Å². The molecule has 5 rings (SSSR count). The Morgan fingerprint density at radius 3 is 2.42 bits per heavy atom. The molecule has 4 heterocycles. The maximum absolute atomic E-state index is 12.4. The van der Waals surface area contributed by atoms with Crippen molar-refractivity contribution < 1.29 is 9.53 Å². The Hall–Kier alpha value is -1.56. The lowest BCUT2D eigenvalue weighted by molar-refractivity contribution is -0.0742. The van der Waals surface area contributed by atoms with Crippen molar-refractivity contribution >= 4 is 35.5 Å². The van der Waals surface area contributed by atoms with Gasteiger partial charge in [0.2, 0.25) is 0 Å². The minimum Gasteiger partial charge on any atom is -0.443 e. The number of anilines is 1. The van der Waals surface area contributed by atoms with Gasteiger partial charge in [-0.2, -0.15) is 0 Å². The van der Waals surface area contributed by atoms with E-state index >= 15 is 0 Å². The molecule has 0 unspecified atom stereocenters. The smallest absolute Gasteiger partial charge is 0.412 e. The molecule has 3 aliphatic rings. The Morgan fingerprint density at radius 1 is 1.08 bits per heavy atom. The zero-order valence-corrected chi connectivity index (χ0v) is 15.0. The third kappa shape index (κ3) is 3.43. The highest BCUT2D eigenvalue weighted by atomic mass is 35.5. The number of thiophene rings is 1. The Bertz CT molecular complexity index is 682. The van der Waals surface area contributed by atoms with Crippen molar-refractivity contribution in [1.82, 2.24) is 4.90 Å². The third-order valence-electron chi connectivity index (χ3n) is 4.94. The summed E-state index contributed by atoms with van der Waals surface area (Å²) in [4.78, 5) is 14.8. The van der Waals surface area contributed by atoms with E-state index in [4.69, 9.17) is 4.74 Å². The van der Waals surface area contributed by atoms with Crippen molar-refractivity contribution in [3.63, 3.8) is 0 Å². The first-order valence-electron chi connectivity index (χ1n) is 8.08. The van der Waals surface area contributed by atoms with E-state index < -0.39 is 0 Å². The van der Waals surface area contributed by atoms with Crippen LogP contribution in [0, 0.1) is 0 Å². The highest BCUT2D eigenvalue weighted by Gasteiger charge is 2.42. The molecule has 3 aliphatic heterocycles. The number of amides is 1. The number of carbonyl (C=O) groups is 1. The zero-order chi connectivity index (χ0) is 15.7. The fourth-order valence-electron chi connectivity index (χ4n) is 3.52. The second-order valence-electron chi connectivity index (χ2n) is 6.35. The van der Waals surface area contributed by atoms with Crippen molar-refractivity contribution in [3.8, 4) is 11.1 Å². The van der Waals surface area contributed by atoms with Crippen LogP contribution in [0.5, 0.6) is 0 Å². The molecule has 0 aliphatic carbocycles. The largest absolute Gasteiger partial charge is 0.443 e. The molecule has 0 atom stereocenters. The number of piperidine rings is 3. The second-order valence-corrected chi connectivity index (χ2v) is 7.10. The number of fused-ring (bicyclic) bond motifs is 3. The van der Waals surface area contributed by atoms with Crippen LogP contribution < -0.4 is 5.32 Å². The van der Waals surface area contributed by atoms with Gasteiger partial charge in [-0.15, -0.1) is 23.7 Å². The topological polar surface area (TPSA) is 41.6 Å². The van der Waals surface area contributed by atoms with Crippen molar-refractivity contribution in [2.24, 2.45) is 0 Å². The van der Waals surface area contributed by atoms with Crippen LogP contribution in [0.4, 0.5) is 10.5 Å². The summed E-state index contributed by atoms with van der Waals surface area (Å²) in [5, 5.41) is 6.97. The van der Waals surface area contributed by atoms with E-state index in [0.717, 1.165) is 55.7 Å². The minimum absolute atomic E-state index is 0. The van der Waals surface area contributed by atoms with Gasteiger partial charge in [0.25, 0.3) is 0 Å². The van der Waals surface area contributed by atoms with E-state index in [1.165, 1.54) is 0 Å². The highest BCUT2D eigenvalue weighted by Crippen LogP contribution is 2.36. The fraction of sp³-hybridized carbons (Fsp3) is 0.389. The molecule has 2 bridgehead atoms. The standard InChI is InChI=1S/C18H20N2O2S.ClH/c21-17(22-18-6-9-20(10-7-18)11-8-18)19-16-13-23-12-15(16)14-4-2-1-3-5-14;/h1-5,12-13H,6-11H2,(H,19,21);1H. The third-order valence-corrected chi connectivity index (χ3v) is 5.69. The summed E-state index contributed by atoms with van der Waals surface area (Å²) in [6.45, 7) is 3.13. The van der Waals surface area contributed by atoms with Gasteiger partial charge in [0.15, 0.2) is 0 Å². The molecule has 0 spiro atoms. The van der Waals surface area contributed by atoms with Gasteiger partial charge in [-0.05, 0) is 5.56 Å². The first-order valence-corrected chi connectivity index (χ1v) is 9.02. The summed E-state index contributed by atoms with van der Waals surface area (Å²) < 4.78 is 5.86. The van der Waals surface area contributed by atoms with Gasteiger partial charge in [0.05, 0.1) is 5.69 Å². The van der Waals surface area contributed by atoms with E-state index in [1.54, 1.807) is 11.3 Å². The minimum atomic E-state index is -0.323. The summed E-state index contributed by atoms with van der Waals surface area (Å²) in [6.07, 6.45) is 2.54. The van der Waals surface area contributed by atoms with E-state index in [-0.39, 0.29) is 24.1 Å². The van der Waals surface area contributed by atoms with Crippen LogP contribution in [0.15, 0.2) is 41.1 Å². The lowest BCUT2D eigenvalue weighted by atomic mass is 9.83. The number of nitrogens with one attached hydrogen (secondary N) is 1. The number of benzene rings is 1. The molecule has 1 aromatic carbocycles. The average Bonchev–Trinajstić information content (AvgIpc) is 3.05. The molecule has 2 aromatic rings. The Balaban J connectivity index is 0.00000169. The first kappa shape index (κ1) is 17.3. The summed E-state index contributed by atoms with van der Waals surface area (Å²) in [7, 11) is 0. The Kier molecular flexibility index (Phi) is 5.13. The van der Waals surface area contributed by atoms with Gasteiger partial charge < -0.3 is 9.64 Å². The number of halogens is 1. The van der Waals surface area contributed by atoms with Gasteiger partial charge in [-0.25, -0.2) is 4.79 Å². The van der Waals surface area contributed by atoms with E-state index in [2.05, 4.69) is 15.6 Å². The van der Waals surface area contributed by atoms with Gasteiger partial charge in [-0.3, -0.25) is 5.32 Å². The predicted octanol–water partition coefficient (Wildman–Crippen LogP) is 4.62. The van der Waals surface area contributed by atoms with Crippen LogP contribution in [0.25, 0.3) is 11.1 Å². The average molecular weight is 365 g/mol.